The highest BCUT2D eigenvalue weighted by molar-refractivity contribution is 6.39. The third-order valence-electron chi connectivity index (χ3n) is 5.33. The van der Waals surface area contributed by atoms with Gasteiger partial charge in [-0.3, -0.25) is 14.9 Å². The number of imide groups is 2. The van der Waals surface area contributed by atoms with Crippen LogP contribution in [0.15, 0.2) is 60.2 Å². The molecule has 8 nitrogen and oxygen atoms in total. The van der Waals surface area contributed by atoms with Gasteiger partial charge in [-0.25, -0.2) is 14.5 Å². The van der Waals surface area contributed by atoms with Crippen LogP contribution in [0.5, 0.6) is 0 Å². The Morgan fingerprint density at radius 1 is 1.00 bits per heavy atom. The molecule has 1 aromatic heterocycles. The Balaban J connectivity index is 1.76. The number of carboxylic acids is 1. The number of hydrogen-bond donors (Lipinski definition) is 2. The molecule has 4 rings (SSSR count). The molecule has 9 heteroatoms. The first-order valence-corrected chi connectivity index (χ1v) is 10.3. The third-order valence-corrected chi connectivity index (χ3v) is 5.64. The summed E-state index contributed by atoms with van der Waals surface area (Å²) in [5.74, 6) is -2.64. The fourth-order valence-electron chi connectivity index (χ4n) is 3.77. The highest BCUT2D eigenvalue weighted by Gasteiger charge is 2.37. The van der Waals surface area contributed by atoms with Crippen LogP contribution in [0.25, 0.3) is 11.8 Å². The summed E-state index contributed by atoms with van der Waals surface area (Å²) in [5.41, 5.74) is 2.84. The molecule has 1 fully saturated rings. The molecule has 4 amide bonds. The number of nitrogens with one attached hydrogen (secondary N) is 1. The van der Waals surface area contributed by atoms with E-state index in [4.69, 9.17) is 11.6 Å². The van der Waals surface area contributed by atoms with Crippen LogP contribution in [0.1, 0.15) is 27.3 Å². The van der Waals surface area contributed by atoms with Crippen LogP contribution in [0, 0.1) is 13.8 Å². The average Bonchev–Trinajstić information content (AvgIpc) is 3.04. The summed E-state index contributed by atoms with van der Waals surface area (Å²) in [6.45, 7) is 3.63. The molecule has 0 radical (unpaired) electrons. The van der Waals surface area contributed by atoms with Gasteiger partial charge in [0.05, 0.1) is 16.3 Å². The lowest BCUT2D eigenvalue weighted by molar-refractivity contribution is -0.122. The summed E-state index contributed by atoms with van der Waals surface area (Å²) in [4.78, 5) is 50.0. The Morgan fingerprint density at radius 3 is 2.33 bits per heavy atom. The van der Waals surface area contributed by atoms with E-state index in [0.717, 1.165) is 10.6 Å². The maximum Gasteiger partial charge on any atom is 0.337 e. The van der Waals surface area contributed by atoms with Crippen molar-refractivity contribution >= 4 is 47.2 Å². The number of para-hydroxylation sites is 1. The lowest BCUT2D eigenvalue weighted by Gasteiger charge is -2.26. The van der Waals surface area contributed by atoms with Crippen molar-refractivity contribution in [2.45, 2.75) is 13.8 Å². The second-order valence-corrected chi connectivity index (χ2v) is 7.83. The van der Waals surface area contributed by atoms with E-state index >= 15 is 0 Å². The smallest absolute Gasteiger partial charge is 0.337 e. The molecule has 166 valence electrons. The van der Waals surface area contributed by atoms with Crippen molar-refractivity contribution < 1.29 is 24.3 Å². The van der Waals surface area contributed by atoms with E-state index < -0.39 is 23.8 Å². The zero-order chi connectivity index (χ0) is 23.9. The normalized spacial score (nSPS) is 15.2. The van der Waals surface area contributed by atoms with Gasteiger partial charge in [-0.15, -0.1) is 0 Å². The number of nitrogens with zero attached hydrogens (tertiary/aromatic N) is 2. The van der Waals surface area contributed by atoms with E-state index in [2.05, 4.69) is 5.32 Å². The topological polar surface area (TPSA) is 109 Å². The third kappa shape index (κ3) is 3.92. The lowest BCUT2D eigenvalue weighted by Crippen LogP contribution is -2.54. The number of aryl methyl sites for hydroxylation is 1. The molecule has 33 heavy (non-hydrogen) atoms. The maximum atomic E-state index is 13.1. The molecular formula is C24H18ClN3O5. The number of hydrogen-bond acceptors (Lipinski definition) is 4. The van der Waals surface area contributed by atoms with Gasteiger partial charge in [0.25, 0.3) is 11.8 Å². The predicted octanol–water partition coefficient (Wildman–Crippen LogP) is 4.11. The second kappa shape index (κ2) is 8.40. The van der Waals surface area contributed by atoms with Crippen LogP contribution in [0.3, 0.4) is 0 Å². The highest BCUT2D eigenvalue weighted by Crippen LogP contribution is 2.28. The van der Waals surface area contributed by atoms with Crippen molar-refractivity contribution in [3.63, 3.8) is 0 Å². The molecule has 1 saturated heterocycles. The van der Waals surface area contributed by atoms with Crippen LogP contribution >= 0.6 is 11.6 Å². The number of carboxylic acid groups (broad SMARTS) is 1. The monoisotopic (exact) mass is 463 g/mol. The SMILES string of the molecule is Cc1cc(/C=C2\C(=O)NC(=O)N(c3ccccc3)C2=O)c(C)n1-c1ccc(C(=O)O)c(Cl)c1. The van der Waals surface area contributed by atoms with Crippen molar-refractivity contribution in [3.05, 3.63) is 87.7 Å². The average molecular weight is 464 g/mol. The van der Waals surface area contributed by atoms with Gasteiger partial charge in [0.2, 0.25) is 0 Å². The van der Waals surface area contributed by atoms with Crippen LogP contribution in [0.2, 0.25) is 5.02 Å². The number of urea groups is 1. The number of carbonyl (C=O) groups is 4. The molecule has 0 saturated carbocycles. The molecule has 0 atom stereocenters. The zero-order valence-electron chi connectivity index (χ0n) is 17.6. The maximum absolute atomic E-state index is 13.1. The molecule has 1 aliphatic heterocycles. The number of amides is 4. The minimum Gasteiger partial charge on any atom is -0.478 e. The van der Waals surface area contributed by atoms with Crippen molar-refractivity contribution in [1.82, 2.24) is 9.88 Å². The van der Waals surface area contributed by atoms with Gasteiger partial charge in [0, 0.05) is 17.1 Å². The summed E-state index contributed by atoms with van der Waals surface area (Å²) >= 11 is 6.13. The van der Waals surface area contributed by atoms with Gasteiger partial charge in [0.1, 0.15) is 5.57 Å². The van der Waals surface area contributed by atoms with Crippen LogP contribution in [0.4, 0.5) is 10.5 Å². The number of aromatic carboxylic acids is 1. The Hall–Kier alpha value is -4.17. The zero-order valence-corrected chi connectivity index (χ0v) is 18.4. The summed E-state index contributed by atoms with van der Waals surface area (Å²) < 4.78 is 1.83. The first kappa shape index (κ1) is 22.0. The van der Waals surface area contributed by atoms with E-state index in [1.165, 1.54) is 18.2 Å². The van der Waals surface area contributed by atoms with E-state index in [-0.39, 0.29) is 16.2 Å². The number of benzene rings is 2. The molecule has 0 bridgehead atoms. The minimum absolute atomic E-state index is 0.0136. The van der Waals surface area contributed by atoms with Crippen molar-refractivity contribution in [2.75, 3.05) is 4.90 Å². The molecule has 0 unspecified atom stereocenters. The van der Waals surface area contributed by atoms with Crippen molar-refractivity contribution in [1.29, 1.82) is 0 Å². The number of rotatable bonds is 4. The van der Waals surface area contributed by atoms with Crippen LogP contribution in [-0.2, 0) is 9.59 Å². The Morgan fingerprint density at radius 2 is 1.70 bits per heavy atom. The number of carbonyl (C=O) groups excluding carboxylic acids is 3. The van der Waals surface area contributed by atoms with Crippen molar-refractivity contribution in [3.8, 4) is 5.69 Å². The van der Waals surface area contributed by atoms with E-state index in [1.54, 1.807) is 49.4 Å². The number of aromatic nitrogens is 1. The largest absolute Gasteiger partial charge is 0.478 e. The second-order valence-electron chi connectivity index (χ2n) is 7.42. The molecule has 1 aliphatic rings. The fraction of sp³-hybridized carbons (Fsp3) is 0.0833. The lowest BCUT2D eigenvalue weighted by atomic mass is 10.1. The molecule has 2 aromatic carbocycles. The van der Waals surface area contributed by atoms with E-state index in [0.29, 0.717) is 22.6 Å². The standard InChI is InChI=1S/C24H18ClN3O5/c1-13-10-15(14(2)27(13)17-8-9-18(23(31)32)20(25)12-17)11-19-21(29)26-24(33)28(22(19)30)16-6-4-3-5-7-16/h3-12H,1-2H3,(H,31,32)(H,26,29,33)/b19-11+. The molecule has 3 aromatic rings. The number of halogens is 1. The highest BCUT2D eigenvalue weighted by atomic mass is 35.5. The first-order chi connectivity index (χ1) is 15.7. The predicted molar refractivity (Wildman–Crippen MR) is 123 cm³/mol. The van der Waals surface area contributed by atoms with E-state index in [1.807, 2.05) is 11.5 Å². The quantitative estimate of drug-likeness (QED) is 0.447. The minimum atomic E-state index is -1.13. The van der Waals surface area contributed by atoms with Gasteiger partial charge < -0.3 is 9.67 Å². The summed E-state index contributed by atoms with van der Waals surface area (Å²) in [7, 11) is 0. The van der Waals surface area contributed by atoms with Gasteiger partial charge in [0.15, 0.2) is 0 Å². The molecule has 0 aliphatic carbocycles. The molecule has 2 N–H and O–H groups in total. The summed E-state index contributed by atoms with van der Waals surface area (Å²) in [6.07, 6.45) is 1.44. The van der Waals surface area contributed by atoms with Crippen LogP contribution < -0.4 is 10.2 Å². The molecule has 0 spiro atoms. The van der Waals surface area contributed by atoms with Gasteiger partial charge in [-0.1, -0.05) is 29.8 Å². The number of barbiturate groups is 1. The summed E-state index contributed by atoms with van der Waals surface area (Å²) in [6, 6.07) is 13.9. The Kier molecular flexibility index (Phi) is 5.61. The molecule has 2 heterocycles. The van der Waals surface area contributed by atoms with Gasteiger partial charge in [-0.05, 0) is 61.9 Å². The van der Waals surface area contributed by atoms with Gasteiger partial charge in [-0.2, -0.15) is 0 Å². The molecular weight excluding hydrogens is 446 g/mol. The van der Waals surface area contributed by atoms with E-state index in [9.17, 15) is 24.3 Å². The van der Waals surface area contributed by atoms with Crippen molar-refractivity contribution in [2.24, 2.45) is 0 Å². The van der Waals surface area contributed by atoms with Gasteiger partial charge >= 0.3 is 12.0 Å². The fourth-order valence-corrected chi connectivity index (χ4v) is 4.03. The van der Waals surface area contributed by atoms with Crippen LogP contribution in [-0.4, -0.2) is 33.5 Å². The summed E-state index contributed by atoms with van der Waals surface area (Å²) in [5, 5.41) is 11.5. The first-order valence-electron chi connectivity index (χ1n) is 9.87. The Labute approximate surface area is 193 Å². The number of anilines is 1. The Bertz CT molecular complexity index is 1360.